The minimum Gasteiger partial charge on any atom is -0.341 e. The molecule has 7 heteroatoms. The molecular formula is C23H25FN4OS. The van der Waals surface area contributed by atoms with Gasteiger partial charge in [0.05, 0.1) is 17.1 Å². The van der Waals surface area contributed by atoms with Crippen LogP contribution in [0.3, 0.4) is 0 Å². The monoisotopic (exact) mass is 424 g/mol. The lowest BCUT2D eigenvalue weighted by molar-refractivity contribution is 0.207. The van der Waals surface area contributed by atoms with Crippen LogP contribution in [0.15, 0.2) is 65.7 Å². The lowest BCUT2D eigenvalue weighted by atomic mass is 10.1. The second-order valence-corrected chi connectivity index (χ2v) is 7.87. The molecule has 156 valence electrons. The van der Waals surface area contributed by atoms with Crippen molar-refractivity contribution in [1.82, 2.24) is 19.8 Å². The van der Waals surface area contributed by atoms with Gasteiger partial charge in [-0.25, -0.2) is 14.2 Å². The van der Waals surface area contributed by atoms with Gasteiger partial charge in [-0.3, -0.25) is 4.90 Å². The lowest BCUT2D eigenvalue weighted by Gasteiger charge is -2.08. The molecule has 1 saturated heterocycles. The van der Waals surface area contributed by atoms with Crippen LogP contribution in [0.1, 0.15) is 12.6 Å². The smallest absolute Gasteiger partial charge is 0.324 e. The predicted molar refractivity (Wildman–Crippen MR) is 121 cm³/mol. The Morgan fingerprint density at radius 2 is 1.93 bits per heavy atom. The summed E-state index contributed by atoms with van der Waals surface area (Å²) < 4.78 is 12.9. The highest BCUT2D eigenvalue weighted by atomic mass is 32.1. The molecule has 4 rings (SSSR count). The first-order chi connectivity index (χ1) is 14.4. The van der Waals surface area contributed by atoms with Crippen LogP contribution in [-0.4, -0.2) is 46.4 Å². The van der Waals surface area contributed by atoms with Crippen LogP contribution in [0.2, 0.25) is 0 Å². The number of aryl methyl sites for hydroxylation is 1. The largest absolute Gasteiger partial charge is 0.341 e. The minimum absolute atomic E-state index is 0.0609. The van der Waals surface area contributed by atoms with E-state index in [1.165, 1.54) is 12.1 Å². The number of hydrogen-bond acceptors (Lipinski definition) is 3. The van der Waals surface area contributed by atoms with Gasteiger partial charge in [0.25, 0.3) is 0 Å². The molecule has 0 bridgehead atoms. The van der Waals surface area contributed by atoms with E-state index in [9.17, 15) is 9.18 Å². The summed E-state index contributed by atoms with van der Waals surface area (Å²) in [7, 11) is 3.59. The Morgan fingerprint density at radius 1 is 1.20 bits per heavy atom. The molecule has 1 aliphatic rings. The number of halogens is 1. The lowest BCUT2D eigenvalue weighted by Crippen LogP contribution is -2.25. The van der Waals surface area contributed by atoms with Crippen LogP contribution in [0, 0.1) is 12.7 Å². The number of benzene rings is 1. The van der Waals surface area contributed by atoms with Gasteiger partial charge in [0.15, 0.2) is 0 Å². The Labute approximate surface area is 180 Å². The number of amides is 2. The molecule has 0 aliphatic carbocycles. The van der Waals surface area contributed by atoms with E-state index < -0.39 is 0 Å². The van der Waals surface area contributed by atoms with Crippen LogP contribution in [0.4, 0.5) is 9.18 Å². The van der Waals surface area contributed by atoms with Crippen molar-refractivity contribution in [2.45, 2.75) is 13.8 Å². The third-order valence-corrected chi connectivity index (χ3v) is 5.56. The summed E-state index contributed by atoms with van der Waals surface area (Å²) in [5.41, 5.74) is 3.83. The second kappa shape index (κ2) is 9.54. The van der Waals surface area contributed by atoms with E-state index >= 15 is 0 Å². The molecule has 0 saturated carbocycles. The Morgan fingerprint density at radius 3 is 2.50 bits per heavy atom. The van der Waals surface area contributed by atoms with E-state index in [1.54, 1.807) is 47.4 Å². The standard InChI is InChI=1S/C14H11FN2S.C9H14N2O/c1-9-13(10-4-6-11(15)7-5-10)17-14(16-9)12-3-2-8-18-12;1-4-5-6-8-7-10(2)9(12)11(8)3/h2-8H,1H3,(H,16,17);4-6H,7H2,1-3H3/b;5-4-,8-6+. The first kappa shape index (κ1) is 21.5. The molecular weight excluding hydrogens is 399 g/mol. The number of allylic oxidation sites excluding steroid dienone is 3. The minimum atomic E-state index is -0.231. The fourth-order valence-electron chi connectivity index (χ4n) is 3.05. The van der Waals surface area contributed by atoms with Crippen molar-refractivity contribution in [3.05, 3.63) is 77.2 Å². The molecule has 5 nitrogen and oxygen atoms in total. The Balaban J connectivity index is 0.000000187. The summed E-state index contributed by atoms with van der Waals surface area (Å²) in [5, 5.41) is 2.02. The summed E-state index contributed by atoms with van der Waals surface area (Å²) >= 11 is 1.64. The number of urea groups is 1. The number of aromatic amines is 1. The van der Waals surface area contributed by atoms with Crippen molar-refractivity contribution in [3.8, 4) is 22.0 Å². The van der Waals surface area contributed by atoms with Gasteiger partial charge in [0, 0.05) is 31.0 Å². The van der Waals surface area contributed by atoms with E-state index in [2.05, 4.69) is 9.97 Å². The molecule has 2 aromatic heterocycles. The fourth-order valence-corrected chi connectivity index (χ4v) is 3.72. The Bertz CT molecular complexity index is 1050. The van der Waals surface area contributed by atoms with Crippen LogP contribution < -0.4 is 0 Å². The molecule has 0 unspecified atom stereocenters. The number of nitrogens with zero attached hydrogens (tertiary/aromatic N) is 3. The highest BCUT2D eigenvalue weighted by Gasteiger charge is 2.25. The van der Waals surface area contributed by atoms with Gasteiger partial charge >= 0.3 is 6.03 Å². The molecule has 1 aliphatic heterocycles. The van der Waals surface area contributed by atoms with Crippen molar-refractivity contribution < 1.29 is 9.18 Å². The Hall–Kier alpha value is -3.19. The number of imidazole rings is 1. The van der Waals surface area contributed by atoms with Crippen LogP contribution in [-0.2, 0) is 0 Å². The summed E-state index contributed by atoms with van der Waals surface area (Å²) in [4.78, 5) is 23.6. The predicted octanol–water partition coefficient (Wildman–Crippen LogP) is 5.70. The Kier molecular flexibility index (Phi) is 6.84. The molecule has 30 heavy (non-hydrogen) atoms. The summed E-state index contributed by atoms with van der Waals surface area (Å²) in [6, 6.07) is 10.5. The average Bonchev–Trinajstić information content (AvgIpc) is 3.45. The molecule has 0 radical (unpaired) electrons. The van der Waals surface area contributed by atoms with Gasteiger partial charge in [-0.1, -0.05) is 18.2 Å². The maximum atomic E-state index is 12.9. The van der Waals surface area contributed by atoms with Gasteiger partial charge in [0.1, 0.15) is 11.6 Å². The summed E-state index contributed by atoms with van der Waals surface area (Å²) in [5.74, 6) is 0.632. The van der Waals surface area contributed by atoms with E-state index in [0.717, 1.165) is 33.3 Å². The number of thiophene rings is 1. The highest BCUT2D eigenvalue weighted by Crippen LogP contribution is 2.28. The normalized spacial score (nSPS) is 15.2. The zero-order valence-corrected chi connectivity index (χ0v) is 18.3. The first-order valence-corrected chi connectivity index (χ1v) is 10.5. The fraction of sp³-hybridized carbons (Fsp3) is 0.217. The van der Waals surface area contributed by atoms with Crippen molar-refractivity contribution in [3.63, 3.8) is 0 Å². The van der Waals surface area contributed by atoms with Crippen LogP contribution in [0.5, 0.6) is 0 Å². The number of carbonyl (C=O) groups excluding carboxylic acids is 1. The summed E-state index contributed by atoms with van der Waals surface area (Å²) in [6.07, 6.45) is 5.85. The van der Waals surface area contributed by atoms with Crippen LogP contribution >= 0.6 is 11.3 Å². The molecule has 3 aromatic rings. The number of likely N-dealkylation sites (N-methyl/N-ethyl adjacent to an activating group) is 2. The zero-order chi connectivity index (χ0) is 21.7. The number of H-pyrrole nitrogens is 1. The molecule has 0 atom stereocenters. The van der Waals surface area contributed by atoms with Crippen molar-refractivity contribution in [1.29, 1.82) is 0 Å². The summed E-state index contributed by atoms with van der Waals surface area (Å²) in [6.45, 7) is 4.64. The molecule has 1 N–H and O–H groups in total. The number of rotatable bonds is 3. The first-order valence-electron chi connectivity index (χ1n) is 9.57. The van der Waals surface area contributed by atoms with Gasteiger partial charge in [0.2, 0.25) is 0 Å². The van der Waals surface area contributed by atoms with E-state index in [1.807, 2.05) is 49.6 Å². The number of nitrogens with one attached hydrogen (secondary N) is 1. The number of aromatic nitrogens is 2. The molecule has 1 fully saturated rings. The van der Waals surface area contributed by atoms with Crippen LogP contribution in [0.25, 0.3) is 22.0 Å². The van der Waals surface area contributed by atoms with E-state index in [4.69, 9.17) is 0 Å². The number of carbonyl (C=O) groups is 1. The average molecular weight is 425 g/mol. The third kappa shape index (κ3) is 4.86. The topological polar surface area (TPSA) is 52.2 Å². The number of hydrogen-bond donors (Lipinski definition) is 1. The third-order valence-electron chi connectivity index (χ3n) is 4.68. The van der Waals surface area contributed by atoms with Crippen molar-refractivity contribution >= 4 is 17.4 Å². The van der Waals surface area contributed by atoms with Gasteiger partial charge in [-0.05, 0) is 55.6 Å². The molecule has 0 spiro atoms. The zero-order valence-electron chi connectivity index (χ0n) is 17.5. The van der Waals surface area contributed by atoms with Gasteiger partial charge in [-0.2, -0.15) is 0 Å². The van der Waals surface area contributed by atoms with Gasteiger partial charge < -0.3 is 9.88 Å². The quantitative estimate of drug-likeness (QED) is 0.587. The SMILES string of the molecule is C/C=C\C=C1/CN(C)C(=O)N1C.Cc1[nH]c(-c2cccs2)nc1-c1ccc(F)cc1. The van der Waals surface area contributed by atoms with Gasteiger partial charge in [-0.15, -0.1) is 11.3 Å². The molecule has 2 amide bonds. The van der Waals surface area contributed by atoms with E-state index in [-0.39, 0.29) is 11.8 Å². The second-order valence-electron chi connectivity index (χ2n) is 6.92. The molecule has 3 heterocycles. The van der Waals surface area contributed by atoms with Crippen molar-refractivity contribution in [2.75, 3.05) is 20.6 Å². The maximum Gasteiger partial charge on any atom is 0.324 e. The van der Waals surface area contributed by atoms with E-state index in [0.29, 0.717) is 6.54 Å². The maximum absolute atomic E-state index is 12.9. The van der Waals surface area contributed by atoms with Crippen molar-refractivity contribution in [2.24, 2.45) is 0 Å². The molecule has 1 aromatic carbocycles. The highest BCUT2D eigenvalue weighted by molar-refractivity contribution is 7.13.